The fourth-order valence-corrected chi connectivity index (χ4v) is 9.21. The van der Waals surface area contributed by atoms with Crippen molar-refractivity contribution in [1.29, 1.82) is 0 Å². The maximum absolute atomic E-state index is 14.4. The van der Waals surface area contributed by atoms with Crippen molar-refractivity contribution in [1.82, 2.24) is 0 Å². The summed E-state index contributed by atoms with van der Waals surface area (Å²) in [5.74, 6) is 1.13. The Bertz CT molecular complexity index is 1750. The minimum Gasteiger partial charge on any atom is -0.494 e. The van der Waals surface area contributed by atoms with Gasteiger partial charge in [-0.2, -0.15) is 0 Å². The van der Waals surface area contributed by atoms with Crippen molar-refractivity contribution in [3.63, 3.8) is 0 Å². The third-order valence-electron chi connectivity index (χ3n) is 10.4. The number of hydrogen-bond donors (Lipinski definition) is 2. The molecule has 0 fully saturated rings. The van der Waals surface area contributed by atoms with Crippen LogP contribution in [0.25, 0.3) is 0 Å². The van der Waals surface area contributed by atoms with Crippen LogP contribution in [-0.4, -0.2) is 24.8 Å². The Balaban J connectivity index is 1.17. The van der Waals surface area contributed by atoms with Gasteiger partial charge in [0.25, 0.3) is 0 Å². The third-order valence-corrected chi connectivity index (χ3v) is 12.7. The summed E-state index contributed by atoms with van der Waals surface area (Å²) in [7, 11) is 0. The highest BCUT2D eigenvalue weighted by molar-refractivity contribution is 8.00. The van der Waals surface area contributed by atoms with E-state index < -0.39 is 0 Å². The summed E-state index contributed by atoms with van der Waals surface area (Å²) < 4.78 is 12.1. The highest BCUT2D eigenvalue weighted by atomic mass is 32.2. The molecule has 0 aromatic heterocycles. The van der Waals surface area contributed by atoms with Crippen LogP contribution in [0.5, 0.6) is 11.5 Å². The topological polar surface area (TPSA) is 105 Å². The van der Waals surface area contributed by atoms with Crippen LogP contribution in [0.3, 0.4) is 0 Å². The number of carbonyl (C=O) groups excluding carboxylic acids is 2. The molecule has 0 heterocycles. The summed E-state index contributed by atoms with van der Waals surface area (Å²) in [4.78, 5) is 31.3. The van der Waals surface area contributed by atoms with Crippen LogP contribution in [0.1, 0.15) is 161 Å². The lowest BCUT2D eigenvalue weighted by Crippen LogP contribution is -2.22. The molecular weight excluding hydrogens is 733 g/mol. The first-order valence-electron chi connectivity index (χ1n) is 21.2. The Morgan fingerprint density at radius 3 is 1.20 bits per heavy atom. The van der Waals surface area contributed by atoms with Gasteiger partial charge in [0.2, 0.25) is 0 Å². The van der Waals surface area contributed by atoms with E-state index in [1.54, 1.807) is 12.1 Å². The molecule has 6 nitrogen and oxygen atoms in total. The average molecular weight is 795 g/mol. The number of carbonyl (C=O) groups is 2. The van der Waals surface area contributed by atoms with E-state index in [1.807, 2.05) is 60.7 Å². The molecule has 0 amide bonds. The van der Waals surface area contributed by atoms with Crippen molar-refractivity contribution < 1.29 is 19.1 Å². The summed E-state index contributed by atoms with van der Waals surface area (Å²) in [6.07, 6.45) is 22.8. The number of fused-ring (bicyclic) bond motifs is 2. The summed E-state index contributed by atoms with van der Waals surface area (Å²) >= 11 is 2.79. The maximum Gasteiger partial charge on any atom is 0.196 e. The van der Waals surface area contributed by atoms with E-state index in [4.69, 9.17) is 20.9 Å². The van der Waals surface area contributed by atoms with Gasteiger partial charge in [0.15, 0.2) is 11.6 Å². The zero-order valence-electron chi connectivity index (χ0n) is 33.7. The summed E-state index contributed by atoms with van der Waals surface area (Å²) in [5, 5.41) is 0. The minimum atomic E-state index is -0.181. The molecule has 4 aromatic carbocycles. The molecule has 0 spiro atoms. The van der Waals surface area contributed by atoms with E-state index in [1.165, 1.54) is 126 Å². The number of unbranched alkanes of at least 4 members (excludes halogenated alkanes) is 16. The second-order valence-corrected chi connectivity index (χ2v) is 17.1. The standard InChI is InChI=1S/C48H62N2O4S2/c1-3-5-7-9-11-13-15-17-19-31-53-35-27-29-41(39(49)33-35)55-43-25-21-23-37-45(43)48(52)46-38(47(37)51)24-22-26-44(46)56-42-30-28-36(34-40(42)50)54-32-20-18-16-14-12-10-8-6-4-2/h21-30,33-34H,3-20,31-32,49-50H2,1-2H3. The van der Waals surface area contributed by atoms with Crippen LogP contribution >= 0.6 is 23.5 Å². The van der Waals surface area contributed by atoms with Gasteiger partial charge in [-0.15, -0.1) is 0 Å². The largest absolute Gasteiger partial charge is 0.494 e. The van der Waals surface area contributed by atoms with Crippen LogP contribution in [0.15, 0.2) is 92.4 Å². The number of nitrogen functional groups attached to an aromatic ring is 2. The Labute approximate surface area is 344 Å². The summed E-state index contributed by atoms with van der Waals surface area (Å²) in [6.45, 7) is 5.83. The normalized spacial score (nSPS) is 12.1. The van der Waals surface area contributed by atoms with Gasteiger partial charge in [-0.05, 0) is 49.2 Å². The lowest BCUT2D eigenvalue weighted by molar-refractivity contribution is 0.0974. The Morgan fingerprint density at radius 1 is 0.446 bits per heavy atom. The number of benzene rings is 4. The smallest absolute Gasteiger partial charge is 0.196 e. The fourth-order valence-electron chi connectivity index (χ4n) is 7.21. The fraction of sp³-hybridized carbons (Fsp3) is 0.458. The van der Waals surface area contributed by atoms with Crippen LogP contribution in [-0.2, 0) is 0 Å². The average Bonchev–Trinajstić information content (AvgIpc) is 3.20. The van der Waals surface area contributed by atoms with E-state index in [0.717, 1.165) is 34.1 Å². The van der Waals surface area contributed by atoms with Gasteiger partial charge in [-0.1, -0.05) is 164 Å². The Hall–Kier alpha value is -3.88. The molecule has 5 rings (SSSR count). The van der Waals surface area contributed by atoms with Gasteiger partial charge in [0.1, 0.15) is 11.5 Å². The van der Waals surface area contributed by atoms with Crippen LogP contribution in [0, 0.1) is 0 Å². The zero-order chi connectivity index (χ0) is 39.5. The molecule has 56 heavy (non-hydrogen) atoms. The quantitative estimate of drug-likeness (QED) is 0.0421. The predicted molar refractivity (Wildman–Crippen MR) is 235 cm³/mol. The predicted octanol–water partition coefficient (Wildman–Crippen LogP) is 13.7. The van der Waals surface area contributed by atoms with Gasteiger partial charge in [0, 0.05) is 65.3 Å². The second kappa shape index (κ2) is 23.4. The third kappa shape index (κ3) is 12.6. The SMILES string of the molecule is CCCCCCCCCCCOc1ccc(Sc2cccc3c2C(=O)c2c(Sc4ccc(OCCCCCCCCCCC)cc4N)cccc2C3=O)c(N)c1. The molecule has 8 heteroatoms. The number of anilines is 2. The number of hydrogen-bond acceptors (Lipinski definition) is 8. The molecule has 0 aliphatic heterocycles. The molecule has 300 valence electrons. The van der Waals surface area contributed by atoms with Gasteiger partial charge >= 0.3 is 0 Å². The summed E-state index contributed by atoms with van der Waals surface area (Å²) in [5.41, 5.74) is 15.8. The van der Waals surface area contributed by atoms with E-state index in [2.05, 4.69) is 13.8 Å². The Morgan fingerprint density at radius 2 is 0.821 bits per heavy atom. The van der Waals surface area contributed by atoms with Crippen molar-refractivity contribution in [3.05, 3.63) is 95.1 Å². The first-order valence-corrected chi connectivity index (χ1v) is 22.8. The number of ketones is 2. The second-order valence-electron chi connectivity index (χ2n) is 15.0. The number of nitrogens with two attached hydrogens (primary N) is 2. The molecule has 1 aliphatic rings. The monoisotopic (exact) mass is 794 g/mol. The molecule has 0 saturated carbocycles. The van der Waals surface area contributed by atoms with Crippen LogP contribution < -0.4 is 20.9 Å². The first-order chi connectivity index (χ1) is 27.4. The summed E-state index contributed by atoms with van der Waals surface area (Å²) in [6, 6.07) is 22.3. The lowest BCUT2D eigenvalue weighted by atomic mass is 9.84. The molecule has 4 aromatic rings. The molecule has 0 atom stereocenters. The van der Waals surface area contributed by atoms with Crippen molar-refractivity contribution in [2.45, 2.75) is 149 Å². The molecule has 1 aliphatic carbocycles. The highest BCUT2D eigenvalue weighted by Crippen LogP contribution is 2.44. The highest BCUT2D eigenvalue weighted by Gasteiger charge is 2.34. The zero-order valence-corrected chi connectivity index (χ0v) is 35.3. The van der Waals surface area contributed by atoms with Gasteiger partial charge < -0.3 is 20.9 Å². The first kappa shape index (κ1) is 43.2. The minimum absolute atomic E-state index is 0.166. The van der Waals surface area contributed by atoms with E-state index >= 15 is 0 Å². The van der Waals surface area contributed by atoms with Crippen LogP contribution in [0.2, 0.25) is 0 Å². The number of rotatable bonds is 26. The lowest BCUT2D eigenvalue weighted by Gasteiger charge is -2.22. The van der Waals surface area contributed by atoms with E-state index in [0.29, 0.717) is 56.6 Å². The maximum atomic E-state index is 14.4. The van der Waals surface area contributed by atoms with Gasteiger partial charge in [-0.25, -0.2) is 0 Å². The molecule has 0 saturated heterocycles. The Kier molecular flexibility index (Phi) is 18.1. The van der Waals surface area contributed by atoms with Crippen molar-refractivity contribution >= 4 is 46.5 Å². The molecular formula is C48H62N2O4S2. The van der Waals surface area contributed by atoms with Crippen molar-refractivity contribution in [2.24, 2.45) is 0 Å². The molecule has 0 bridgehead atoms. The molecule has 0 unspecified atom stereocenters. The van der Waals surface area contributed by atoms with E-state index in [9.17, 15) is 9.59 Å². The van der Waals surface area contributed by atoms with Crippen LogP contribution in [0.4, 0.5) is 11.4 Å². The van der Waals surface area contributed by atoms with Gasteiger partial charge in [0.05, 0.1) is 13.2 Å². The number of ether oxygens (including phenoxy) is 2. The van der Waals surface area contributed by atoms with E-state index in [-0.39, 0.29) is 11.6 Å². The molecule has 4 N–H and O–H groups in total. The van der Waals surface area contributed by atoms with Gasteiger partial charge in [-0.3, -0.25) is 9.59 Å². The van der Waals surface area contributed by atoms with Crippen molar-refractivity contribution in [3.8, 4) is 11.5 Å². The van der Waals surface area contributed by atoms with Crippen molar-refractivity contribution in [2.75, 3.05) is 24.7 Å². The molecule has 0 radical (unpaired) electrons.